The summed E-state index contributed by atoms with van der Waals surface area (Å²) < 4.78 is 0. The van der Waals surface area contributed by atoms with Gasteiger partial charge in [-0.1, -0.05) is 13.8 Å². The topological polar surface area (TPSA) is 69.7 Å². The number of hydrogen-bond acceptors (Lipinski definition) is 5. The van der Waals surface area contributed by atoms with E-state index in [2.05, 4.69) is 51.2 Å². The highest BCUT2D eigenvalue weighted by molar-refractivity contribution is 5.87. The minimum absolute atomic E-state index is 0.670. The molecule has 6 heteroatoms. The van der Waals surface area contributed by atoms with Crippen molar-refractivity contribution in [1.29, 1.82) is 0 Å². The highest BCUT2D eigenvalue weighted by atomic mass is 15.3. The van der Waals surface area contributed by atoms with Gasteiger partial charge in [0.1, 0.15) is 5.82 Å². The average Bonchev–Trinajstić information content (AvgIpc) is 2.90. The van der Waals surface area contributed by atoms with Crippen LogP contribution in [0.25, 0.3) is 11.0 Å². The molecular weight excluding hydrogens is 240 g/mol. The van der Waals surface area contributed by atoms with Crippen molar-refractivity contribution in [2.75, 3.05) is 29.9 Å². The lowest BCUT2D eigenvalue weighted by Gasteiger charge is -2.22. The minimum Gasteiger partial charge on any atom is -0.356 e. The van der Waals surface area contributed by atoms with Crippen molar-refractivity contribution < 1.29 is 0 Å². The Bertz CT molecular complexity index is 521. The summed E-state index contributed by atoms with van der Waals surface area (Å²) in [4.78, 5) is 11.3. The summed E-state index contributed by atoms with van der Waals surface area (Å²) in [5.41, 5.74) is 0.790. The van der Waals surface area contributed by atoms with Gasteiger partial charge in [0.05, 0.1) is 11.6 Å². The van der Waals surface area contributed by atoms with E-state index >= 15 is 0 Å². The standard InChI is InChI=1S/C13H22N6/c1-4-7-14-13-16-11-10(9-15-18-11)12(17-13)19(6-3)8-5-2/h9H,4-8H2,1-3H3,(H2,14,15,16,17,18). The fraction of sp³-hybridized carbons (Fsp3) is 0.615. The van der Waals surface area contributed by atoms with Crippen LogP contribution in [0, 0.1) is 0 Å². The first kappa shape index (κ1) is 13.6. The Kier molecular flexibility index (Phi) is 4.54. The number of aromatic amines is 1. The van der Waals surface area contributed by atoms with E-state index in [1.165, 1.54) is 0 Å². The SMILES string of the molecule is CCCNc1nc(N(CC)CCC)c2cn[nH]c2n1. The summed E-state index contributed by atoms with van der Waals surface area (Å²) in [6.45, 7) is 9.23. The number of hydrogen-bond donors (Lipinski definition) is 2. The van der Waals surface area contributed by atoms with E-state index in [9.17, 15) is 0 Å². The van der Waals surface area contributed by atoms with Crippen LogP contribution in [-0.4, -0.2) is 39.8 Å². The van der Waals surface area contributed by atoms with Crippen molar-refractivity contribution in [3.63, 3.8) is 0 Å². The van der Waals surface area contributed by atoms with Gasteiger partial charge in [-0.15, -0.1) is 0 Å². The fourth-order valence-corrected chi connectivity index (χ4v) is 2.06. The van der Waals surface area contributed by atoms with Crippen LogP contribution in [0.2, 0.25) is 0 Å². The molecular formula is C13H22N6. The molecule has 2 aromatic rings. The molecule has 104 valence electrons. The molecule has 19 heavy (non-hydrogen) atoms. The van der Waals surface area contributed by atoms with E-state index < -0.39 is 0 Å². The molecule has 0 saturated heterocycles. The minimum atomic E-state index is 0.670. The normalized spacial score (nSPS) is 10.9. The second kappa shape index (κ2) is 6.36. The van der Waals surface area contributed by atoms with E-state index in [0.29, 0.717) is 5.95 Å². The predicted octanol–water partition coefficient (Wildman–Crippen LogP) is 2.41. The Balaban J connectivity index is 2.40. The number of H-pyrrole nitrogens is 1. The Morgan fingerprint density at radius 3 is 2.74 bits per heavy atom. The Hall–Kier alpha value is -1.85. The largest absolute Gasteiger partial charge is 0.356 e. The van der Waals surface area contributed by atoms with Crippen molar-refractivity contribution in [3.05, 3.63) is 6.20 Å². The van der Waals surface area contributed by atoms with Crippen LogP contribution in [0.3, 0.4) is 0 Å². The maximum absolute atomic E-state index is 4.64. The molecule has 0 aliphatic carbocycles. The monoisotopic (exact) mass is 262 g/mol. The first-order chi connectivity index (χ1) is 9.30. The highest BCUT2D eigenvalue weighted by Crippen LogP contribution is 2.23. The van der Waals surface area contributed by atoms with Gasteiger partial charge in [-0.2, -0.15) is 15.1 Å². The maximum Gasteiger partial charge on any atom is 0.226 e. The van der Waals surface area contributed by atoms with Gasteiger partial charge in [0.15, 0.2) is 5.65 Å². The maximum atomic E-state index is 4.64. The van der Waals surface area contributed by atoms with E-state index in [0.717, 1.165) is 49.3 Å². The van der Waals surface area contributed by atoms with Gasteiger partial charge in [0.2, 0.25) is 5.95 Å². The molecule has 0 radical (unpaired) electrons. The molecule has 6 nitrogen and oxygen atoms in total. The first-order valence-electron chi connectivity index (χ1n) is 7.00. The Morgan fingerprint density at radius 1 is 1.21 bits per heavy atom. The lowest BCUT2D eigenvalue weighted by atomic mass is 10.3. The van der Waals surface area contributed by atoms with Crippen LogP contribution in [0.15, 0.2) is 6.20 Å². The zero-order valence-corrected chi connectivity index (χ0v) is 11.9. The van der Waals surface area contributed by atoms with Gasteiger partial charge in [-0.25, -0.2) is 0 Å². The van der Waals surface area contributed by atoms with Gasteiger partial charge < -0.3 is 10.2 Å². The predicted molar refractivity (Wildman–Crippen MR) is 78.6 cm³/mol. The fourth-order valence-electron chi connectivity index (χ4n) is 2.06. The van der Waals surface area contributed by atoms with Gasteiger partial charge in [0, 0.05) is 19.6 Å². The van der Waals surface area contributed by atoms with Crippen LogP contribution < -0.4 is 10.2 Å². The molecule has 0 aromatic carbocycles. The molecule has 0 bridgehead atoms. The summed E-state index contributed by atoms with van der Waals surface area (Å²) >= 11 is 0. The van der Waals surface area contributed by atoms with Crippen molar-refractivity contribution in [1.82, 2.24) is 20.2 Å². The molecule has 2 N–H and O–H groups in total. The molecule has 2 aromatic heterocycles. The van der Waals surface area contributed by atoms with E-state index in [4.69, 9.17) is 0 Å². The molecule has 0 fully saturated rings. The highest BCUT2D eigenvalue weighted by Gasteiger charge is 2.14. The van der Waals surface area contributed by atoms with Crippen molar-refractivity contribution in [2.45, 2.75) is 33.6 Å². The van der Waals surface area contributed by atoms with Gasteiger partial charge in [0.25, 0.3) is 0 Å². The number of fused-ring (bicyclic) bond motifs is 1. The third-order valence-corrected chi connectivity index (χ3v) is 3.00. The summed E-state index contributed by atoms with van der Waals surface area (Å²) in [5.74, 6) is 1.63. The third kappa shape index (κ3) is 2.94. The quantitative estimate of drug-likeness (QED) is 0.802. The summed E-state index contributed by atoms with van der Waals surface area (Å²) in [6, 6.07) is 0. The molecule has 0 aliphatic rings. The zero-order valence-electron chi connectivity index (χ0n) is 11.9. The van der Waals surface area contributed by atoms with Crippen LogP contribution in [0.1, 0.15) is 33.6 Å². The van der Waals surface area contributed by atoms with Crippen LogP contribution in [0.4, 0.5) is 11.8 Å². The molecule has 0 aliphatic heterocycles. The number of aromatic nitrogens is 4. The molecule has 0 amide bonds. The smallest absolute Gasteiger partial charge is 0.226 e. The van der Waals surface area contributed by atoms with E-state index in [-0.39, 0.29) is 0 Å². The molecule has 0 unspecified atom stereocenters. The Morgan fingerprint density at radius 2 is 2.05 bits per heavy atom. The second-order valence-corrected chi connectivity index (χ2v) is 4.51. The average molecular weight is 262 g/mol. The molecule has 0 spiro atoms. The van der Waals surface area contributed by atoms with Crippen molar-refractivity contribution in [2.24, 2.45) is 0 Å². The summed E-state index contributed by atoms with van der Waals surface area (Å²) in [5, 5.41) is 11.2. The van der Waals surface area contributed by atoms with Gasteiger partial charge in [-0.3, -0.25) is 5.10 Å². The number of anilines is 2. The molecule has 0 atom stereocenters. The number of nitrogens with one attached hydrogen (secondary N) is 2. The lowest BCUT2D eigenvalue weighted by Crippen LogP contribution is -2.25. The van der Waals surface area contributed by atoms with Crippen LogP contribution in [0.5, 0.6) is 0 Å². The van der Waals surface area contributed by atoms with Crippen molar-refractivity contribution >= 4 is 22.8 Å². The van der Waals surface area contributed by atoms with Crippen LogP contribution in [-0.2, 0) is 0 Å². The van der Waals surface area contributed by atoms with E-state index in [1.807, 2.05) is 0 Å². The summed E-state index contributed by atoms with van der Waals surface area (Å²) in [7, 11) is 0. The molecule has 0 saturated carbocycles. The summed E-state index contributed by atoms with van der Waals surface area (Å²) in [6.07, 6.45) is 3.94. The van der Waals surface area contributed by atoms with Gasteiger partial charge >= 0.3 is 0 Å². The zero-order chi connectivity index (χ0) is 13.7. The molecule has 2 heterocycles. The number of nitrogens with zero attached hydrogens (tertiary/aromatic N) is 4. The second-order valence-electron chi connectivity index (χ2n) is 4.51. The Labute approximate surface area is 113 Å². The van der Waals surface area contributed by atoms with Crippen LogP contribution >= 0.6 is 0 Å². The third-order valence-electron chi connectivity index (χ3n) is 3.00. The molecule has 2 rings (SSSR count). The van der Waals surface area contributed by atoms with E-state index in [1.54, 1.807) is 6.20 Å². The van der Waals surface area contributed by atoms with Crippen molar-refractivity contribution in [3.8, 4) is 0 Å². The first-order valence-corrected chi connectivity index (χ1v) is 7.00. The lowest BCUT2D eigenvalue weighted by molar-refractivity contribution is 0.780. The number of rotatable bonds is 7. The van der Waals surface area contributed by atoms with Gasteiger partial charge in [-0.05, 0) is 19.8 Å².